The Morgan fingerprint density at radius 2 is 2.33 bits per heavy atom. The van der Waals surface area contributed by atoms with E-state index < -0.39 is 0 Å². The Morgan fingerprint density at radius 1 is 1.50 bits per heavy atom. The van der Waals surface area contributed by atoms with Crippen molar-refractivity contribution in [1.29, 1.82) is 0 Å². The van der Waals surface area contributed by atoms with Crippen molar-refractivity contribution < 1.29 is 9.26 Å². The van der Waals surface area contributed by atoms with Crippen LogP contribution in [0.2, 0.25) is 0 Å². The summed E-state index contributed by atoms with van der Waals surface area (Å²) in [6, 6.07) is 3.89. The third-order valence-corrected chi connectivity index (χ3v) is 2.35. The van der Waals surface area contributed by atoms with E-state index in [1.807, 2.05) is 19.1 Å². The molecule has 2 rings (SSSR count). The SMILES string of the molecule is COCC(C)Nc1cc(-c2nc(C)no2)ccn1. The zero-order valence-corrected chi connectivity index (χ0v) is 10.7. The molecule has 0 aliphatic carbocycles. The van der Waals surface area contributed by atoms with E-state index in [0.717, 1.165) is 11.4 Å². The highest BCUT2D eigenvalue weighted by Gasteiger charge is 2.08. The summed E-state index contributed by atoms with van der Waals surface area (Å²) < 4.78 is 10.2. The Morgan fingerprint density at radius 3 is 3.00 bits per heavy atom. The molecule has 0 aromatic carbocycles. The van der Waals surface area contributed by atoms with Crippen LogP contribution in [0.25, 0.3) is 11.5 Å². The fourth-order valence-corrected chi connectivity index (χ4v) is 1.60. The van der Waals surface area contributed by atoms with Crippen LogP contribution in [0.3, 0.4) is 0 Å². The fraction of sp³-hybridized carbons (Fsp3) is 0.417. The molecule has 0 amide bonds. The second kappa shape index (κ2) is 5.59. The van der Waals surface area contributed by atoms with Crippen LogP contribution in [0.1, 0.15) is 12.7 Å². The van der Waals surface area contributed by atoms with E-state index >= 15 is 0 Å². The smallest absolute Gasteiger partial charge is 0.258 e. The first-order valence-corrected chi connectivity index (χ1v) is 5.71. The summed E-state index contributed by atoms with van der Waals surface area (Å²) in [5, 5.41) is 7.00. The number of methoxy groups -OCH3 is 1. The molecule has 2 aromatic heterocycles. The Hall–Kier alpha value is -1.95. The summed E-state index contributed by atoms with van der Waals surface area (Å²) in [5.41, 5.74) is 0.845. The largest absolute Gasteiger partial charge is 0.383 e. The molecule has 1 N–H and O–H groups in total. The van der Waals surface area contributed by atoms with Crippen LogP contribution in [0, 0.1) is 6.92 Å². The van der Waals surface area contributed by atoms with Gasteiger partial charge in [0.05, 0.1) is 6.61 Å². The third-order valence-electron chi connectivity index (χ3n) is 2.35. The van der Waals surface area contributed by atoms with Crippen LogP contribution in [-0.2, 0) is 4.74 Å². The lowest BCUT2D eigenvalue weighted by Gasteiger charge is -2.13. The van der Waals surface area contributed by atoms with E-state index in [2.05, 4.69) is 20.4 Å². The number of anilines is 1. The number of nitrogens with zero attached hydrogens (tertiary/aromatic N) is 3. The van der Waals surface area contributed by atoms with E-state index in [-0.39, 0.29) is 6.04 Å². The van der Waals surface area contributed by atoms with E-state index in [1.165, 1.54) is 0 Å². The minimum atomic E-state index is 0.183. The van der Waals surface area contributed by atoms with Crippen molar-refractivity contribution >= 4 is 5.82 Å². The summed E-state index contributed by atoms with van der Waals surface area (Å²) in [6.07, 6.45) is 1.71. The van der Waals surface area contributed by atoms with Gasteiger partial charge in [-0.1, -0.05) is 5.16 Å². The minimum absolute atomic E-state index is 0.183. The van der Waals surface area contributed by atoms with E-state index in [9.17, 15) is 0 Å². The molecule has 0 fully saturated rings. The number of ether oxygens (including phenoxy) is 1. The molecule has 0 aliphatic rings. The lowest BCUT2D eigenvalue weighted by atomic mass is 10.2. The standard InChI is InChI=1S/C12H16N4O2/c1-8(7-17-3)14-11-6-10(4-5-13-11)12-15-9(2)16-18-12/h4-6,8H,7H2,1-3H3,(H,13,14). The van der Waals surface area contributed by atoms with E-state index in [1.54, 1.807) is 20.2 Å². The number of pyridine rings is 1. The van der Waals surface area contributed by atoms with Crippen LogP contribution in [0.5, 0.6) is 0 Å². The van der Waals surface area contributed by atoms with Gasteiger partial charge in [0.2, 0.25) is 0 Å². The van der Waals surface area contributed by atoms with Gasteiger partial charge in [-0.15, -0.1) is 0 Å². The second-order valence-corrected chi connectivity index (χ2v) is 4.08. The molecule has 0 saturated carbocycles. The molecule has 1 unspecified atom stereocenters. The normalized spacial score (nSPS) is 12.4. The van der Waals surface area contributed by atoms with Crippen molar-refractivity contribution in [3.63, 3.8) is 0 Å². The van der Waals surface area contributed by atoms with Crippen molar-refractivity contribution in [2.75, 3.05) is 19.0 Å². The Labute approximate surface area is 105 Å². The molecule has 0 bridgehead atoms. The lowest BCUT2D eigenvalue weighted by molar-refractivity contribution is 0.190. The maximum atomic E-state index is 5.12. The zero-order valence-electron chi connectivity index (χ0n) is 10.7. The van der Waals surface area contributed by atoms with Crippen LogP contribution >= 0.6 is 0 Å². The van der Waals surface area contributed by atoms with Gasteiger partial charge in [0.15, 0.2) is 5.82 Å². The molecule has 2 aromatic rings. The summed E-state index contributed by atoms with van der Waals surface area (Å²) in [4.78, 5) is 8.42. The molecule has 2 heterocycles. The summed E-state index contributed by atoms with van der Waals surface area (Å²) >= 11 is 0. The van der Waals surface area contributed by atoms with Crippen LogP contribution in [-0.4, -0.2) is 34.9 Å². The first kappa shape index (κ1) is 12.5. The van der Waals surface area contributed by atoms with E-state index in [4.69, 9.17) is 9.26 Å². The third kappa shape index (κ3) is 3.04. The highest BCUT2D eigenvalue weighted by atomic mass is 16.5. The number of nitrogens with one attached hydrogen (secondary N) is 1. The van der Waals surface area contributed by atoms with Gasteiger partial charge in [0.1, 0.15) is 5.82 Å². The molecular weight excluding hydrogens is 232 g/mol. The number of rotatable bonds is 5. The van der Waals surface area contributed by atoms with Gasteiger partial charge in [0.25, 0.3) is 5.89 Å². The monoisotopic (exact) mass is 248 g/mol. The number of aromatic nitrogens is 3. The Balaban J connectivity index is 2.15. The molecule has 6 heteroatoms. The van der Waals surface area contributed by atoms with Crippen molar-refractivity contribution in [3.05, 3.63) is 24.2 Å². The maximum Gasteiger partial charge on any atom is 0.258 e. The molecule has 0 aliphatic heterocycles. The summed E-state index contributed by atoms with van der Waals surface area (Å²) in [7, 11) is 1.67. The van der Waals surface area contributed by atoms with Gasteiger partial charge in [0, 0.05) is 24.9 Å². The van der Waals surface area contributed by atoms with Crippen molar-refractivity contribution in [1.82, 2.24) is 15.1 Å². The van der Waals surface area contributed by atoms with Gasteiger partial charge < -0.3 is 14.6 Å². The number of hydrogen-bond donors (Lipinski definition) is 1. The molecule has 18 heavy (non-hydrogen) atoms. The molecule has 6 nitrogen and oxygen atoms in total. The lowest BCUT2D eigenvalue weighted by Crippen LogP contribution is -2.21. The topological polar surface area (TPSA) is 73.1 Å². The molecule has 1 atom stereocenters. The highest BCUT2D eigenvalue weighted by Crippen LogP contribution is 2.19. The molecule has 0 radical (unpaired) electrons. The minimum Gasteiger partial charge on any atom is -0.383 e. The maximum absolute atomic E-state index is 5.12. The van der Waals surface area contributed by atoms with E-state index in [0.29, 0.717) is 18.3 Å². The van der Waals surface area contributed by atoms with Crippen molar-refractivity contribution in [2.45, 2.75) is 19.9 Å². The average molecular weight is 248 g/mol. The molecular formula is C12H16N4O2. The molecule has 96 valence electrons. The highest BCUT2D eigenvalue weighted by molar-refractivity contribution is 5.57. The predicted octanol–water partition coefficient (Wildman–Crippen LogP) is 1.89. The average Bonchev–Trinajstić information content (AvgIpc) is 2.76. The Bertz CT molecular complexity index is 512. The first-order valence-electron chi connectivity index (χ1n) is 5.71. The van der Waals surface area contributed by atoms with Gasteiger partial charge in [-0.2, -0.15) is 4.98 Å². The van der Waals surface area contributed by atoms with Crippen molar-refractivity contribution in [2.24, 2.45) is 0 Å². The second-order valence-electron chi connectivity index (χ2n) is 4.08. The first-order chi connectivity index (χ1) is 8.69. The summed E-state index contributed by atoms with van der Waals surface area (Å²) in [6.45, 7) is 4.42. The molecule has 0 saturated heterocycles. The predicted molar refractivity (Wildman–Crippen MR) is 67.2 cm³/mol. The fourth-order valence-electron chi connectivity index (χ4n) is 1.60. The van der Waals surface area contributed by atoms with Gasteiger partial charge in [-0.25, -0.2) is 4.98 Å². The van der Waals surface area contributed by atoms with Crippen LogP contribution < -0.4 is 5.32 Å². The van der Waals surface area contributed by atoms with Crippen LogP contribution in [0.4, 0.5) is 5.82 Å². The number of hydrogen-bond acceptors (Lipinski definition) is 6. The molecule has 0 spiro atoms. The quantitative estimate of drug-likeness (QED) is 0.871. The van der Waals surface area contributed by atoms with Crippen molar-refractivity contribution in [3.8, 4) is 11.5 Å². The number of aryl methyl sites for hydroxylation is 1. The van der Waals surface area contributed by atoms with Gasteiger partial charge >= 0.3 is 0 Å². The zero-order chi connectivity index (χ0) is 13.0. The summed E-state index contributed by atoms with van der Waals surface area (Å²) in [5.74, 6) is 1.87. The van der Waals surface area contributed by atoms with Crippen LogP contribution in [0.15, 0.2) is 22.9 Å². The van der Waals surface area contributed by atoms with Gasteiger partial charge in [-0.3, -0.25) is 0 Å². The van der Waals surface area contributed by atoms with Gasteiger partial charge in [-0.05, 0) is 26.0 Å². The Kier molecular flexibility index (Phi) is 3.88.